The Balaban J connectivity index is 0.00000156. The number of hydrogen-bond donors (Lipinski definition) is 1. The summed E-state index contributed by atoms with van der Waals surface area (Å²) in [7, 11) is 1.94. The maximum absolute atomic E-state index is 13.0. The minimum Gasteiger partial charge on any atom is -0.334 e. The summed E-state index contributed by atoms with van der Waals surface area (Å²) in [6.07, 6.45) is 3.93. The summed E-state index contributed by atoms with van der Waals surface area (Å²) in [6, 6.07) is 8.11. The summed E-state index contributed by atoms with van der Waals surface area (Å²) >= 11 is 0. The predicted octanol–water partition coefficient (Wildman–Crippen LogP) is 3.16. The summed E-state index contributed by atoms with van der Waals surface area (Å²) in [5, 5.41) is 3.19. The average molecular weight is 385 g/mol. The highest BCUT2D eigenvalue weighted by atomic mass is 35.5. The number of nitrogens with one attached hydrogen (secondary N) is 1. The molecule has 0 radical (unpaired) electrons. The van der Waals surface area contributed by atoms with Crippen LogP contribution in [0.15, 0.2) is 30.5 Å². The standard InChI is InChI=1S/C18H24N4O.2ClH/c1-13-11-16(14(2)22(13)17-8-4-5-9-20-17)18(23)21-10-6-7-15(21)12-19-3;;/h4-5,8-9,11,15,19H,6-7,10,12H2,1-3H3;2*1H. The first-order chi connectivity index (χ1) is 11.1. The van der Waals surface area contributed by atoms with Crippen LogP contribution in [0.3, 0.4) is 0 Å². The van der Waals surface area contributed by atoms with E-state index in [2.05, 4.69) is 14.9 Å². The fraction of sp³-hybridized carbons (Fsp3) is 0.444. The molecule has 1 aliphatic rings. The van der Waals surface area contributed by atoms with Crippen LogP contribution in [0.5, 0.6) is 0 Å². The third-order valence-corrected chi connectivity index (χ3v) is 4.62. The van der Waals surface area contributed by atoms with Gasteiger partial charge in [-0.1, -0.05) is 6.07 Å². The molecule has 0 aliphatic carbocycles. The Morgan fingerprint density at radius 2 is 2.08 bits per heavy atom. The average Bonchev–Trinajstić information content (AvgIpc) is 3.12. The molecule has 3 rings (SSSR count). The number of aromatic nitrogens is 2. The lowest BCUT2D eigenvalue weighted by Gasteiger charge is -2.24. The Morgan fingerprint density at radius 1 is 1.32 bits per heavy atom. The van der Waals surface area contributed by atoms with Crippen LogP contribution in [0.4, 0.5) is 0 Å². The molecular weight excluding hydrogens is 359 g/mol. The van der Waals surface area contributed by atoms with Crippen LogP contribution in [-0.4, -0.2) is 46.5 Å². The van der Waals surface area contributed by atoms with Gasteiger partial charge in [0.2, 0.25) is 0 Å². The number of pyridine rings is 1. The molecule has 1 fully saturated rings. The van der Waals surface area contributed by atoms with Crippen molar-refractivity contribution in [1.29, 1.82) is 0 Å². The van der Waals surface area contributed by atoms with Crippen LogP contribution in [0.25, 0.3) is 5.82 Å². The van der Waals surface area contributed by atoms with E-state index in [1.807, 2.05) is 50.1 Å². The van der Waals surface area contributed by atoms with Crippen molar-refractivity contribution in [2.45, 2.75) is 32.7 Å². The van der Waals surface area contributed by atoms with Gasteiger partial charge >= 0.3 is 0 Å². The molecule has 1 N–H and O–H groups in total. The lowest BCUT2D eigenvalue weighted by Crippen LogP contribution is -2.41. The van der Waals surface area contributed by atoms with E-state index in [1.165, 1.54) is 0 Å². The summed E-state index contributed by atoms with van der Waals surface area (Å²) in [6.45, 7) is 5.72. The van der Waals surface area contributed by atoms with E-state index in [9.17, 15) is 4.79 Å². The van der Waals surface area contributed by atoms with Crippen LogP contribution < -0.4 is 5.32 Å². The molecule has 1 atom stereocenters. The summed E-state index contributed by atoms with van der Waals surface area (Å²) < 4.78 is 2.05. The number of carbonyl (C=O) groups excluding carboxylic acids is 1. The van der Waals surface area contributed by atoms with E-state index in [1.54, 1.807) is 6.20 Å². The number of rotatable bonds is 4. The van der Waals surface area contributed by atoms with E-state index in [4.69, 9.17) is 0 Å². The first-order valence-electron chi connectivity index (χ1n) is 8.19. The molecule has 2 aromatic rings. The molecular formula is C18H26Cl2N4O. The largest absolute Gasteiger partial charge is 0.334 e. The van der Waals surface area contributed by atoms with Gasteiger partial charge in [-0.05, 0) is 51.9 Å². The molecule has 1 unspecified atom stereocenters. The molecule has 0 spiro atoms. The molecule has 25 heavy (non-hydrogen) atoms. The van der Waals surface area contributed by atoms with E-state index in [0.29, 0.717) is 6.04 Å². The minimum atomic E-state index is 0. The van der Waals surface area contributed by atoms with Crippen molar-refractivity contribution in [2.24, 2.45) is 0 Å². The minimum absolute atomic E-state index is 0. The second-order valence-corrected chi connectivity index (χ2v) is 6.16. The first-order valence-corrected chi connectivity index (χ1v) is 8.19. The van der Waals surface area contributed by atoms with Gasteiger partial charge < -0.3 is 14.8 Å². The van der Waals surface area contributed by atoms with Gasteiger partial charge in [0.1, 0.15) is 5.82 Å². The number of likely N-dealkylation sites (tertiary alicyclic amines) is 1. The predicted molar refractivity (Wildman–Crippen MR) is 106 cm³/mol. The normalized spacial score (nSPS) is 16.3. The quantitative estimate of drug-likeness (QED) is 0.880. The number of carbonyl (C=O) groups is 1. The van der Waals surface area contributed by atoms with E-state index < -0.39 is 0 Å². The lowest BCUT2D eigenvalue weighted by atomic mass is 10.2. The molecule has 0 saturated carbocycles. The Bertz CT molecular complexity index is 703. The number of aryl methyl sites for hydroxylation is 1. The number of halogens is 2. The van der Waals surface area contributed by atoms with E-state index in [-0.39, 0.29) is 30.7 Å². The third-order valence-electron chi connectivity index (χ3n) is 4.62. The van der Waals surface area contributed by atoms with Gasteiger partial charge in [-0.2, -0.15) is 0 Å². The molecule has 1 aliphatic heterocycles. The Labute approximate surface area is 161 Å². The van der Waals surface area contributed by atoms with E-state index >= 15 is 0 Å². The second kappa shape index (κ2) is 9.22. The van der Waals surface area contributed by atoms with Crippen LogP contribution in [-0.2, 0) is 0 Å². The van der Waals surface area contributed by atoms with Crippen molar-refractivity contribution in [1.82, 2.24) is 19.8 Å². The Morgan fingerprint density at radius 3 is 2.72 bits per heavy atom. The smallest absolute Gasteiger partial charge is 0.255 e. The van der Waals surface area contributed by atoms with Crippen molar-refractivity contribution in [3.63, 3.8) is 0 Å². The van der Waals surface area contributed by atoms with Gasteiger partial charge in [-0.25, -0.2) is 4.98 Å². The third kappa shape index (κ3) is 4.17. The van der Waals surface area contributed by atoms with Gasteiger partial charge in [-0.15, -0.1) is 24.8 Å². The van der Waals surface area contributed by atoms with Gasteiger partial charge in [0.15, 0.2) is 0 Å². The highest BCUT2D eigenvalue weighted by Crippen LogP contribution is 2.25. The number of amides is 1. The van der Waals surface area contributed by atoms with Crippen LogP contribution in [0.2, 0.25) is 0 Å². The zero-order valence-electron chi connectivity index (χ0n) is 14.9. The fourth-order valence-electron chi connectivity index (χ4n) is 3.52. The number of nitrogens with zero attached hydrogens (tertiary/aromatic N) is 3. The summed E-state index contributed by atoms with van der Waals surface area (Å²) in [5.74, 6) is 0.993. The van der Waals surface area contributed by atoms with Crippen molar-refractivity contribution in [3.05, 3.63) is 47.4 Å². The van der Waals surface area contributed by atoms with Gasteiger partial charge in [0.05, 0.1) is 5.56 Å². The SMILES string of the molecule is CNCC1CCCN1C(=O)c1cc(C)n(-c2ccccn2)c1C.Cl.Cl. The van der Waals surface area contributed by atoms with Crippen LogP contribution in [0, 0.1) is 13.8 Å². The first kappa shape index (κ1) is 21.5. The summed E-state index contributed by atoms with van der Waals surface area (Å²) in [5.41, 5.74) is 2.78. The zero-order valence-corrected chi connectivity index (χ0v) is 16.5. The molecule has 0 bridgehead atoms. The summed E-state index contributed by atoms with van der Waals surface area (Å²) in [4.78, 5) is 19.4. The molecule has 3 heterocycles. The van der Waals surface area contributed by atoms with Crippen molar-refractivity contribution in [2.75, 3.05) is 20.1 Å². The number of likely N-dealkylation sites (N-methyl/N-ethyl adjacent to an activating group) is 1. The lowest BCUT2D eigenvalue weighted by molar-refractivity contribution is 0.0736. The molecule has 1 amide bonds. The molecule has 0 aromatic carbocycles. The van der Waals surface area contributed by atoms with Gasteiger partial charge in [0, 0.05) is 36.7 Å². The molecule has 138 valence electrons. The topological polar surface area (TPSA) is 50.2 Å². The number of hydrogen-bond acceptors (Lipinski definition) is 3. The molecule has 2 aromatic heterocycles. The van der Waals surface area contributed by atoms with Crippen LogP contribution >= 0.6 is 24.8 Å². The molecule has 7 heteroatoms. The van der Waals surface area contributed by atoms with E-state index in [0.717, 1.165) is 48.7 Å². The second-order valence-electron chi connectivity index (χ2n) is 6.16. The Hall–Kier alpha value is -1.56. The molecule has 1 saturated heterocycles. The maximum Gasteiger partial charge on any atom is 0.255 e. The maximum atomic E-state index is 13.0. The zero-order chi connectivity index (χ0) is 16.4. The highest BCUT2D eigenvalue weighted by Gasteiger charge is 2.30. The Kier molecular flexibility index (Phi) is 7.93. The highest BCUT2D eigenvalue weighted by molar-refractivity contribution is 5.96. The van der Waals surface area contributed by atoms with Gasteiger partial charge in [0.25, 0.3) is 5.91 Å². The van der Waals surface area contributed by atoms with Crippen LogP contribution in [0.1, 0.15) is 34.6 Å². The van der Waals surface area contributed by atoms with Crippen molar-refractivity contribution in [3.8, 4) is 5.82 Å². The fourth-order valence-corrected chi connectivity index (χ4v) is 3.52. The monoisotopic (exact) mass is 384 g/mol. The van der Waals surface area contributed by atoms with Crippen molar-refractivity contribution >= 4 is 30.7 Å². The van der Waals surface area contributed by atoms with Crippen molar-refractivity contribution < 1.29 is 4.79 Å². The van der Waals surface area contributed by atoms with Gasteiger partial charge in [-0.3, -0.25) is 4.79 Å². The molecule has 5 nitrogen and oxygen atoms in total.